The minimum absolute atomic E-state index is 0.127. The Labute approximate surface area is 205 Å². The molecule has 3 heterocycles. The third-order valence-corrected chi connectivity index (χ3v) is 6.58. The van der Waals surface area contributed by atoms with Crippen molar-refractivity contribution in [3.63, 3.8) is 0 Å². The lowest BCUT2D eigenvalue weighted by Crippen LogP contribution is -2.40. The molecule has 0 spiro atoms. The molecular formula is C23H29BrN6O4. The number of halogens is 1. The van der Waals surface area contributed by atoms with Crippen molar-refractivity contribution >= 4 is 39.1 Å². The maximum atomic E-state index is 13.2. The zero-order valence-electron chi connectivity index (χ0n) is 20.0. The number of hydrogen-bond donors (Lipinski definition) is 1. The van der Waals surface area contributed by atoms with Gasteiger partial charge in [-0.1, -0.05) is 34.1 Å². The Morgan fingerprint density at radius 1 is 1.21 bits per heavy atom. The summed E-state index contributed by atoms with van der Waals surface area (Å²) >= 11 is 3.59. The molecule has 0 saturated carbocycles. The highest BCUT2D eigenvalue weighted by atomic mass is 79.9. The predicted molar refractivity (Wildman–Crippen MR) is 133 cm³/mol. The Balaban J connectivity index is 1.74. The Hall–Kier alpha value is -3.08. The van der Waals surface area contributed by atoms with Gasteiger partial charge in [-0.15, -0.1) is 0 Å². The number of carbonyl (C=O) groups is 1. The number of aryl methyl sites for hydroxylation is 1. The largest absolute Gasteiger partial charge is 0.444 e. The molecule has 182 valence electrons. The number of fused-ring (bicyclic) bond motifs is 1. The van der Waals surface area contributed by atoms with Gasteiger partial charge in [0.05, 0.1) is 12.6 Å². The van der Waals surface area contributed by atoms with Crippen LogP contribution in [0.5, 0.6) is 0 Å². The van der Waals surface area contributed by atoms with Crippen molar-refractivity contribution in [3.05, 3.63) is 55.1 Å². The summed E-state index contributed by atoms with van der Waals surface area (Å²) in [4.78, 5) is 44.7. The minimum atomic E-state index is -0.579. The Kier molecular flexibility index (Phi) is 6.32. The number of hydrogen-bond acceptors (Lipinski definition) is 6. The van der Waals surface area contributed by atoms with Crippen LogP contribution in [-0.2, 0) is 25.4 Å². The molecule has 4 rings (SSSR count). The fraction of sp³-hybridized carbons (Fsp3) is 0.478. The van der Waals surface area contributed by atoms with Gasteiger partial charge < -0.3 is 15.0 Å². The van der Waals surface area contributed by atoms with Crippen LogP contribution in [0.1, 0.15) is 32.8 Å². The molecule has 1 aromatic carbocycles. The number of anilines is 1. The van der Waals surface area contributed by atoms with E-state index in [1.807, 2.05) is 54.5 Å². The van der Waals surface area contributed by atoms with Gasteiger partial charge >= 0.3 is 11.8 Å². The molecule has 0 bridgehead atoms. The van der Waals surface area contributed by atoms with E-state index in [1.165, 1.54) is 11.6 Å². The van der Waals surface area contributed by atoms with E-state index in [2.05, 4.69) is 21.2 Å². The molecule has 1 atom stereocenters. The lowest BCUT2D eigenvalue weighted by Gasteiger charge is -2.22. The number of nitrogens with one attached hydrogen (secondary N) is 1. The number of amides is 1. The van der Waals surface area contributed by atoms with Crippen molar-refractivity contribution in [2.75, 3.05) is 18.0 Å². The Morgan fingerprint density at radius 3 is 2.59 bits per heavy atom. The summed E-state index contributed by atoms with van der Waals surface area (Å²) in [6.07, 6.45) is 0.242. The lowest BCUT2D eigenvalue weighted by atomic mass is 10.2. The molecule has 1 fully saturated rings. The van der Waals surface area contributed by atoms with Crippen LogP contribution in [0.25, 0.3) is 11.2 Å². The van der Waals surface area contributed by atoms with Gasteiger partial charge in [-0.05, 0) is 38.8 Å². The molecule has 2 aromatic heterocycles. The normalized spacial score (nSPS) is 16.3. The van der Waals surface area contributed by atoms with Gasteiger partial charge in [0.25, 0.3) is 5.56 Å². The maximum absolute atomic E-state index is 13.2. The van der Waals surface area contributed by atoms with Crippen LogP contribution in [0.2, 0.25) is 0 Å². The number of benzene rings is 1. The van der Waals surface area contributed by atoms with Gasteiger partial charge in [0, 0.05) is 31.7 Å². The van der Waals surface area contributed by atoms with Gasteiger partial charge in [0.2, 0.25) is 5.95 Å². The van der Waals surface area contributed by atoms with E-state index < -0.39 is 22.9 Å². The highest BCUT2D eigenvalue weighted by Crippen LogP contribution is 2.27. The van der Waals surface area contributed by atoms with E-state index in [1.54, 1.807) is 7.05 Å². The molecule has 0 aliphatic carbocycles. The summed E-state index contributed by atoms with van der Waals surface area (Å²) in [5, 5.41) is 2.92. The summed E-state index contributed by atoms with van der Waals surface area (Å²) in [6, 6.07) is 7.65. The molecule has 1 aliphatic heterocycles. The van der Waals surface area contributed by atoms with Crippen LogP contribution < -0.4 is 21.5 Å². The van der Waals surface area contributed by atoms with Crippen LogP contribution in [0.3, 0.4) is 0 Å². The lowest BCUT2D eigenvalue weighted by molar-refractivity contribution is 0.0509. The van der Waals surface area contributed by atoms with E-state index in [9.17, 15) is 14.4 Å². The zero-order valence-corrected chi connectivity index (χ0v) is 21.5. The Bertz CT molecular complexity index is 1370. The van der Waals surface area contributed by atoms with Gasteiger partial charge in [-0.25, -0.2) is 9.59 Å². The maximum Gasteiger partial charge on any atom is 0.407 e. The van der Waals surface area contributed by atoms with Crippen molar-refractivity contribution in [2.24, 2.45) is 14.1 Å². The molecule has 1 saturated heterocycles. The number of nitrogens with zero attached hydrogens (tertiary/aromatic N) is 5. The summed E-state index contributed by atoms with van der Waals surface area (Å²) in [5.74, 6) is 0.581. The second-order valence-electron chi connectivity index (χ2n) is 9.55. The van der Waals surface area contributed by atoms with Crippen molar-refractivity contribution < 1.29 is 9.53 Å². The second kappa shape index (κ2) is 8.94. The molecule has 10 nitrogen and oxygen atoms in total. The first-order valence-electron chi connectivity index (χ1n) is 11.1. The van der Waals surface area contributed by atoms with Crippen molar-refractivity contribution in [2.45, 2.75) is 45.4 Å². The first-order chi connectivity index (χ1) is 16.0. The second-order valence-corrected chi connectivity index (χ2v) is 10.4. The molecular weight excluding hydrogens is 504 g/mol. The predicted octanol–water partition coefficient (Wildman–Crippen LogP) is 2.35. The Morgan fingerprint density at radius 2 is 1.91 bits per heavy atom. The quantitative estimate of drug-likeness (QED) is 0.553. The van der Waals surface area contributed by atoms with Crippen LogP contribution in [-0.4, -0.2) is 49.5 Å². The van der Waals surface area contributed by atoms with Crippen molar-refractivity contribution in [1.29, 1.82) is 0 Å². The average molecular weight is 533 g/mol. The SMILES string of the molecule is Cn1c(=O)c2c(nc(N3CC[C@@H](NC(=O)OC(C)(C)C)C3)n2Cc2ccccc2Br)n(C)c1=O. The number of rotatable bonds is 4. The minimum Gasteiger partial charge on any atom is -0.444 e. The number of alkyl carbamates (subject to hydrolysis) is 1. The molecule has 11 heteroatoms. The molecule has 1 aliphatic rings. The van der Waals surface area contributed by atoms with Gasteiger partial charge in [-0.2, -0.15) is 4.98 Å². The first-order valence-corrected chi connectivity index (χ1v) is 11.9. The van der Waals surface area contributed by atoms with E-state index in [0.29, 0.717) is 43.2 Å². The van der Waals surface area contributed by atoms with Gasteiger partial charge in [-0.3, -0.25) is 18.5 Å². The van der Waals surface area contributed by atoms with Crippen LogP contribution in [0.4, 0.5) is 10.7 Å². The standard InChI is InChI=1S/C23H29BrN6O4/c1-23(2,3)34-21(32)25-15-10-11-29(13-15)20-26-18-17(19(31)28(5)22(33)27(18)4)30(20)12-14-8-6-7-9-16(14)24/h6-9,15H,10-13H2,1-5H3,(H,25,32)/t15-/m1/s1. The number of ether oxygens (including phenoxy) is 1. The highest BCUT2D eigenvalue weighted by Gasteiger charge is 2.30. The van der Waals surface area contributed by atoms with Crippen LogP contribution in [0, 0.1) is 0 Å². The van der Waals surface area contributed by atoms with Crippen LogP contribution in [0.15, 0.2) is 38.3 Å². The molecule has 1 N–H and O–H groups in total. The molecule has 3 aromatic rings. The smallest absolute Gasteiger partial charge is 0.407 e. The van der Waals surface area contributed by atoms with Crippen molar-refractivity contribution in [1.82, 2.24) is 24.0 Å². The molecule has 34 heavy (non-hydrogen) atoms. The highest BCUT2D eigenvalue weighted by molar-refractivity contribution is 9.10. The summed E-state index contributed by atoms with van der Waals surface area (Å²) in [5.41, 5.74) is 0.260. The van der Waals surface area contributed by atoms with E-state index in [-0.39, 0.29) is 6.04 Å². The van der Waals surface area contributed by atoms with E-state index in [4.69, 9.17) is 9.72 Å². The third-order valence-electron chi connectivity index (χ3n) is 5.81. The number of carbonyl (C=O) groups excluding carboxylic acids is 1. The van der Waals surface area contributed by atoms with Gasteiger partial charge in [0.15, 0.2) is 11.2 Å². The molecule has 1 amide bonds. The van der Waals surface area contributed by atoms with Crippen LogP contribution >= 0.6 is 15.9 Å². The zero-order chi connectivity index (χ0) is 24.8. The average Bonchev–Trinajstić information content (AvgIpc) is 3.35. The topological polar surface area (TPSA) is 103 Å². The number of aromatic nitrogens is 4. The summed E-state index contributed by atoms with van der Waals surface area (Å²) in [7, 11) is 3.08. The third kappa shape index (κ3) is 4.61. The fourth-order valence-electron chi connectivity index (χ4n) is 4.16. The van der Waals surface area contributed by atoms with Gasteiger partial charge in [0.1, 0.15) is 5.60 Å². The first kappa shape index (κ1) is 24.1. The van der Waals surface area contributed by atoms with E-state index in [0.717, 1.165) is 14.6 Å². The summed E-state index contributed by atoms with van der Waals surface area (Å²) in [6.45, 7) is 7.00. The summed E-state index contributed by atoms with van der Waals surface area (Å²) < 4.78 is 10.6. The number of imidazole rings is 1. The molecule has 0 radical (unpaired) electrons. The fourth-order valence-corrected chi connectivity index (χ4v) is 4.57. The monoisotopic (exact) mass is 532 g/mol. The molecule has 0 unspecified atom stereocenters. The van der Waals surface area contributed by atoms with Crippen molar-refractivity contribution in [3.8, 4) is 0 Å². The van der Waals surface area contributed by atoms with E-state index >= 15 is 0 Å².